The molecule has 0 N–H and O–H groups in total. The highest BCUT2D eigenvalue weighted by Gasteiger charge is 2.24. The highest BCUT2D eigenvalue weighted by Crippen LogP contribution is 2.22. The molecule has 0 fully saturated rings. The van der Waals surface area contributed by atoms with E-state index in [9.17, 15) is 9.59 Å². The molecule has 0 bridgehead atoms. The number of aryl methyl sites for hydroxylation is 2. The zero-order chi connectivity index (χ0) is 21.3. The van der Waals surface area contributed by atoms with Crippen molar-refractivity contribution in [3.8, 4) is 5.69 Å². The van der Waals surface area contributed by atoms with Crippen LogP contribution in [0.2, 0.25) is 0 Å². The minimum absolute atomic E-state index is 0.169. The van der Waals surface area contributed by atoms with Gasteiger partial charge in [0.05, 0.1) is 36.3 Å². The molecule has 0 aliphatic carbocycles. The Bertz CT molecular complexity index is 1070. The van der Waals surface area contributed by atoms with E-state index < -0.39 is 5.97 Å². The van der Waals surface area contributed by atoms with Crippen molar-refractivity contribution in [2.45, 2.75) is 27.3 Å². The van der Waals surface area contributed by atoms with Gasteiger partial charge >= 0.3 is 5.97 Å². The van der Waals surface area contributed by atoms with Crippen LogP contribution in [0, 0.1) is 20.8 Å². The lowest BCUT2D eigenvalue weighted by Crippen LogP contribution is -2.27. The lowest BCUT2D eigenvalue weighted by Gasteiger charge is -2.16. The molecule has 152 valence electrons. The second kappa shape index (κ2) is 8.24. The van der Waals surface area contributed by atoms with Crippen LogP contribution in [0.15, 0.2) is 39.2 Å². The second-order valence-electron chi connectivity index (χ2n) is 6.77. The molecule has 1 amide bonds. The molecule has 8 heteroatoms. The van der Waals surface area contributed by atoms with E-state index in [1.807, 2.05) is 38.1 Å². The lowest BCUT2D eigenvalue weighted by atomic mass is 10.1. The Morgan fingerprint density at radius 1 is 1.21 bits per heavy atom. The quantitative estimate of drug-likeness (QED) is 0.533. The summed E-state index contributed by atoms with van der Waals surface area (Å²) in [5, 5.41) is 4.54. The highest BCUT2D eigenvalue weighted by molar-refractivity contribution is 9.10. The van der Waals surface area contributed by atoms with Crippen LogP contribution < -0.4 is 0 Å². The van der Waals surface area contributed by atoms with Gasteiger partial charge in [0.25, 0.3) is 5.91 Å². The number of carbonyl (C=O) groups excluding carboxylic acids is 2. The summed E-state index contributed by atoms with van der Waals surface area (Å²) in [7, 11) is 3.01. The molecular formula is C21H22BrN3O4. The Kier molecular flexibility index (Phi) is 5.93. The normalized spacial score (nSPS) is 10.8. The fourth-order valence-electron chi connectivity index (χ4n) is 3.22. The van der Waals surface area contributed by atoms with Gasteiger partial charge in [0.2, 0.25) is 0 Å². The molecule has 0 saturated carbocycles. The van der Waals surface area contributed by atoms with Crippen molar-refractivity contribution in [2.24, 2.45) is 0 Å². The first-order chi connectivity index (χ1) is 13.7. The number of aromatic nitrogens is 2. The zero-order valence-electron chi connectivity index (χ0n) is 16.9. The van der Waals surface area contributed by atoms with Gasteiger partial charge in [-0.15, -0.1) is 0 Å². The first kappa shape index (κ1) is 20.9. The summed E-state index contributed by atoms with van der Waals surface area (Å²) in [5.41, 5.74) is 3.19. The van der Waals surface area contributed by atoms with Crippen LogP contribution in [0.3, 0.4) is 0 Å². The van der Waals surface area contributed by atoms with E-state index in [0.29, 0.717) is 28.3 Å². The van der Waals surface area contributed by atoms with Crippen LogP contribution in [0.4, 0.5) is 0 Å². The number of hydrogen-bond acceptors (Lipinski definition) is 5. The largest absolute Gasteiger partial charge is 0.465 e. The first-order valence-corrected chi connectivity index (χ1v) is 9.77. The predicted octanol–water partition coefficient (Wildman–Crippen LogP) is 4.21. The van der Waals surface area contributed by atoms with Crippen molar-refractivity contribution in [1.29, 1.82) is 0 Å². The van der Waals surface area contributed by atoms with E-state index in [1.165, 1.54) is 7.11 Å². The third-order valence-electron chi connectivity index (χ3n) is 4.69. The number of hydrogen-bond donors (Lipinski definition) is 0. The van der Waals surface area contributed by atoms with Crippen LogP contribution in [-0.4, -0.2) is 40.7 Å². The summed E-state index contributed by atoms with van der Waals surface area (Å²) in [6.07, 6.45) is 0. The number of amides is 1. The van der Waals surface area contributed by atoms with Gasteiger partial charge in [-0.25, -0.2) is 9.48 Å². The number of carbonyl (C=O) groups is 2. The average Bonchev–Trinajstić information content (AvgIpc) is 3.20. The molecule has 2 aromatic heterocycles. The van der Waals surface area contributed by atoms with E-state index in [0.717, 1.165) is 15.9 Å². The predicted molar refractivity (Wildman–Crippen MR) is 111 cm³/mol. The SMILES string of the molecule is COC(=O)c1cc(CN(C)C(=O)c2c(C)nn(-c3ccc(Br)cc3)c2C)oc1C. The summed E-state index contributed by atoms with van der Waals surface area (Å²) < 4.78 is 13.1. The third kappa shape index (κ3) is 4.12. The number of halogens is 1. The molecule has 0 aliphatic heterocycles. The van der Waals surface area contributed by atoms with Gasteiger partial charge in [-0.2, -0.15) is 5.10 Å². The molecule has 29 heavy (non-hydrogen) atoms. The van der Waals surface area contributed by atoms with E-state index in [4.69, 9.17) is 9.15 Å². The number of rotatable bonds is 5. The Hall–Kier alpha value is -2.87. The zero-order valence-corrected chi connectivity index (χ0v) is 18.5. The molecule has 2 heterocycles. The Labute approximate surface area is 177 Å². The molecule has 0 spiro atoms. The fraction of sp³-hybridized carbons (Fsp3) is 0.286. The fourth-order valence-corrected chi connectivity index (χ4v) is 3.48. The van der Waals surface area contributed by atoms with Crippen LogP contribution in [-0.2, 0) is 11.3 Å². The smallest absolute Gasteiger partial charge is 0.341 e. The van der Waals surface area contributed by atoms with E-state index in [-0.39, 0.29) is 12.5 Å². The molecule has 0 aliphatic rings. The third-order valence-corrected chi connectivity index (χ3v) is 5.22. The maximum atomic E-state index is 13.1. The summed E-state index contributed by atoms with van der Waals surface area (Å²) in [4.78, 5) is 26.4. The number of furan rings is 1. The molecule has 3 aromatic rings. The molecule has 3 rings (SSSR count). The van der Waals surface area contributed by atoms with Gasteiger partial charge in [-0.1, -0.05) is 15.9 Å². The highest BCUT2D eigenvalue weighted by atomic mass is 79.9. The minimum Gasteiger partial charge on any atom is -0.465 e. The number of esters is 1. The second-order valence-corrected chi connectivity index (χ2v) is 7.69. The van der Waals surface area contributed by atoms with Crippen LogP contribution in [0.5, 0.6) is 0 Å². The summed E-state index contributed by atoms with van der Waals surface area (Å²) >= 11 is 3.42. The van der Waals surface area contributed by atoms with Crippen LogP contribution in [0.1, 0.15) is 43.6 Å². The minimum atomic E-state index is -0.464. The average molecular weight is 460 g/mol. The topological polar surface area (TPSA) is 77.6 Å². The Morgan fingerprint density at radius 2 is 1.86 bits per heavy atom. The first-order valence-electron chi connectivity index (χ1n) is 8.98. The molecule has 0 atom stereocenters. The van der Waals surface area contributed by atoms with Crippen LogP contribution >= 0.6 is 15.9 Å². The Balaban J connectivity index is 1.85. The van der Waals surface area contributed by atoms with Gasteiger partial charge in [0, 0.05) is 11.5 Å². The molecular weight excluding hydrogens is 438 g/mol. The van der Waals surface area contributed by atoms with Crippen molar-refractivity contribution in [3.05, 3.63) is 68.8 Å². The van der Waals surface area contributed by atoms with E-state index in [1.54, 1.807) is 29.6 Å². The van der Waals surface area contributed by atoms with Crippen molar-refractivity contribution >= 4 is 27.8 Å². The van der Waals surface area contributed by atoms with Crippen molar-refractivity contribution in [2.75, 3.05) is 14.2 Å². The van der Waals surface area contributed by atoms with E-state index >= 15 is 0 Å². The molecule has 0 unspecified atom stereocenters. The maximum Gasteiger partial charge on any atom is 0.341 e. The van der Waals surface area contributed by atoms with Crippen molar-refractivity contribution in [1.82, 2.24) is 14.7 Å². The maximum absolute atomic E-state index is 13.1. The van der Waals surface area contributed by atoms with E-state index in [2.05, 4.69) is 21.0 Å². The molecule has 1 aromatic carbocycles. The number of methoxy groups -OCH3 is 1. The standard InChI is InChI=1S/C21H22BrN3O4/c1-12-19(13(2)25(23-12)16-8-6-15(22)7-9-16)20(26)24(4)11-17-10-18(14(3)29-17)21(27)28-5/h6-10H,11H2,1-5H3. The number of ether oxygens (including phenoxy) is 1. The Morgan fingerprint density at radius 3 is 2.48 bits per heavy atom. The van der Waals surface area contributed by atoms with Gasteiger partial charge in [-0.3, -0.25) is 4.79 Å². The van der Waals surface area contributed by atoms with Gasteiger partial charge in [-0.05, 0) is 51.1 Å². The molecule has 0 saturated heterocycles. The van der Waals surface area contributed by atoms with Crippen molar-refractivity contribution in [3.63, 3.8) is 0 Å². The summed E-state index contributed by atoms with van der Waals surface area (Å²) in [6.45, 7) is 5.60. The number of benzene rings is 1. The van der Waals surface area contributed by atoms with Crippen molar-refractivity contribution < 1.29 is 18.7 Å². The monoisotopic (exact) mass is 459 g/mol. The summed E-state index contributed by atoms with van der Waals surface area (Å²) in [6, 6.07) is 9.33. The molecule has 7 nitrogen and oxygen atoms in total. The lowest BCUT2D eigenvalue weighted by molar-refractivity contribution is 0.0598. The van der Waals surface area contributed by atoms with Crippen LogP contribution in [0.25, 0.3) is 5.69 Å². The summed E-state index contributed by atoms with van der Waals surface area (Å²) in [5.74, 6) is 0.337. The van der Waals surface area contributed by atoms with Gasteiger partial charge in [0.15, 0.2) is 0 Å². The molecule has 0 radical (unpaired) electrons. The van der Waals surface area contributed by atoms with Gasteiger partial charge in [0.1, 0.15) is 17.1 Å². The number of nitrogens with zero attached hydrogens (tertiary/aromatic N) is 3. The van der Waals surface area contributed by atoms with Gasteiger partial charge < -0.3 is 14.1 Å².